The molecule has 19 heavy (non-hydrogen) atoms. The monoisotopic (exact) mass is 260 g/mol. The molecule has 0 saturated heterocycles. The number of benzene rings is 1. The van der Waals surface area contributed by atoms with E-state index in [0.29, 0.717) is 12.5 Å². The lowest BCUT2D eigenvalue weighted by Gasteiger charge is -2.10. The zero-order valence-corrected chi connectivity index (χ0v) is 11.6. The van der Waals surface area contributed by atoms with Crippen LogP contribution in [0.2, 0.25) is 0 Å². The molecule has 1 aromatic heterocycles. The lowest BCUT2D eigenvalue weighted by molar-refractivity contribution is 0.178. The fourth-order valence-electron chi connectivity index (χ4n) is 1.95. The molecule has 2 rings (SSSR count). The summed E-state index contributed by atoms with van der Waals surface area (Å²) in [4.78, 5) is 0. The van der Waals surface area contributed by atoms with E-state index < -0.39 is 6.10 Å². The summed E-state index contributed by atoms with van der Waals surface area (Å²) in [7, 11) is 1.64. The number of aliphatic hydroxyl groups is 1. The molecule has 0 amide bonds. The van der Waals surface area contributed by atoms with Crippen LogP contribution in [0.15, 0.2) is 36.7 Å². The van der Waals surface area contributed by atoms with Gasteiger partial charge in [-0.3, -0.25) is 4.68 Å². The highest BCUT2D eigenvalue weighted by atomic mass is 16.5. The molecule has 102 valence electrons. The van der Waals surface area contributed by atoms with Crippen molar-refractivity contribution in [2.45, 2.75) is 32.4 Å². The van der Waals surface area contributed by atoms with E-state index in [1.165, 1.54) is 0 Å². The zero-order valence-electron chi connectivity index (χ0n) is 11.6. The first-order chi connectivity index (χ1) is 9.10. The van der Waals surface area contributed by atoms with Gasteiger partial charge in [-0.05, 0) is 31.5 Å². The zero-order chi connectivity index (χ0) is 13.8. The Labute approximate surface area is 113 Å². The number of rotatable bonds is 5. The Balaban J connectivity index is 2.08. The van der Waals surface area contributed by atoms with E-state index in [4.69, 9.17) is 4.74 Å². The molecule has 1 N–H and O–H groups in total. The Kier molecular flexibility index (Phi) is 4.22. The van der Waals surface area contributed by atoms with Crippen molar-refractivity contribution in [1.29, 1.82) is 0 Å². The fourth-order valence-corrected chi connectivity index (χ4v) is 1.95. The van der Waals surface area contributed by atoms with Crippen molar-refractivity contribution in [3.05, 3.63) is 47.8 Å². The average Bonchev–Trinajstić information content (AvgIpc) is 2.89. The van der Waals surface area contributed by atoms with Gasteiger partial charge in [0.25, 0.3) is 0 Å². The van der Waals surface area contributed by atoms with Gasteiger partial charge in [-0.2, -0.15) is 5.10 Å². The number of ether oxygens (including phenoxy) is 1. The van der Waals surface area contributed by atoms with Gasteiger partial charge in [0, 0.05) is 24.2 Å². The average molecular weight is 260 g/mol. The second-order valence-corrected chi connectivity index (χ2v) is 4.92. The van der Waals surface area contributed by atoms with Crippen LogP contribution in [0, 0.1) is 0 Å². The van der Waals surface area contributed by atoms with Crippen molar-refractivity contribution in [1.82, 2.24) is 9.78 Å². The molecule has 0 aliphatic heterocycles. The molecule has 1 atom stereocenters. The van der Waals surface area contributed by atoms with Crippen LogP contribution in [0.4, 0.5) is 0 Å². The summed E-state index contributed by atoms with van der Waals surface area (Å²) in [6, 6.07) is 8.05. The molecule has 0 saturated carbocycles. The van der Waals surface area contributed by atoms with Gasteiger partial charge >= 0.3 is 0 Å². The van der Waals surface area contributed by atoms with Crippen LogP contribution < -0.4 is 4.74 Å². The summed E-state index contributed by atoms with van der Waals surface area (Å²) in [5, 5.41) is 14.5. The van der Waals surface area contributed by atoms with Gasteiger partial charge in [0.05, 0.1) is 19.4 Å². The number of hydrogen-bond donors (Lipinski definition) is 1. The van der Waals surface area contributed by atoms with Crippen molar-refractivity contribution in [3.8, 4) is 5.75 Å². The highest BCUT2D eigenvalue weighted by molar-refractivity contribution is 5.29. The maximum absolute atomic E-state index is 10.2. The lowest BCUT2D eigenvalue weighted by atomic mass is 10.0. The van der Waals surface area contributed by atoms with Gasteiger partial charge in [-0.1, -0.05) is 12.1 Å². The fraction of sp³-hybridized carbons (Fsp3) is 0.400. The van der Waals surface area contributed by atoms with Gasteiger partial charge in [0.15, 0.2) is 0 Å². The summed E-state index contributed by atoms with van der Waals surface area (Å²) < 4.78 is 7.03. The van der Waals surface area contributed by atoms with Crippen molar-refractivity contribution >= 4 is 0 Å². The molecule has 2 aromatic rings. The van der Waals surface area contributed by atoms with Gasteiger partial charge in [-0.25, -0.2) is 0 Å². The van der Waals surface area contributed by atoms with Crippen LogP contribution in [0.3, 0.4) is 0 Å². The lowest BCUT2D eigenvalue weighted by Crippen LogP contribution is -2.02. The van der Waals surface area contributed by atoms with E-state index in [-0.39, 0.29) is 0 Å². The predicted molar refractivity (Wildman–Crippen MR) is 74.3 cm³/mol. The van der Waals surface area contributed by atoms with Crippen LogP contribution in [-0.2, 0) is 6.42 Å². The van der Waals surface area contributed by atoms with Crippen molar-refractivity contribution < 1.29 is 9.84 Å². The van der Waals surface area contributed by atoms with Crippen LogP contribution in [0.25, 0.3) is 0 Å². The van der Waals surface area contributed by atoms with Crippen LogP contribution >= 0.6 is 0 Å². The van der Waals surface area contributed by atoms with Crippen LogP contribution in [0.5, 0.6) is 5.75 Å². The standard InChI is InChI=1S/C15H20N2O2/c1-11(2)17-10-13(9-16-17)15(18)8-12-5-4-6-14(7-12)19-3/h4-7,9-11,15,18H,8H2,1-3H3. The van der Waals surface area contributed by atoms with Gasteiger partial charge in [0.1, 0.15) is 5.75 Å². The minimum atomic E-state index is -0.542. The van der Waals surface area contributed by atoms with E-state index >= 15 is 0 Å². The van der Waals surface area contributed by atoms with Crippen molar-refractivity contribution in [2.24, 2.45) is 0 Å². The molecule has 0 aliphatic carbocycles. The summed E-state index contributed by atoms with van der Waals surface area (Å²) >= 11 is 0. The van der Waals surface area contributed by atoms with Crippen LogP contribution in [0.1, 0.15) is 37.1 Å². The number of methoxy groups -OCH3 is 1. The maximum Gasteiger partial charge on any atom is 0.119 e. The number of nitrogens with zero attached hydrogens (tertiary/aromatic N) is 2. The first-order valence-electron chi connectivity index (χ1n) is 6.45. The van der Waals surface area contributed by atoms with Crippen LogP contribution in [-0.4, -0.2) is 22.0 Å². The highest BCUT2D eigenvalue weighted by Gasteiger charge is 2.12. The molecule has 0 spiro atoms. The molecule has 0 bridgehead atoms. The van der Waals surface area contributed by atoms with E-state index in [0.717, 1.165) is 16.9 Å². The third-order valence-corrected chi connectivity index (χ3v) is 3.10. The number of aromatic nitrogens is 2. The molecule has 0 aliphatic rings. The third kappa shape index (κ3) is 3.35. The minimum Gasteiger partial charge on any atom is -0.497 e. The molecule has 1 unspecified atom stereocenters. The second kappa shape index (κ2) is 5.89. The molecule has 1 aromatic carbocycles. The van der Waals surface area contributed by atoms with Crippen molar-refractivity contribution in [2.75, 3.05) is 7.11 Å². The van der Waals surface area contributed by atoms with Gasteiger partial charge in [-0.15, -0.1) is 0 Å². The quantitative estimate of drug-likeness (QED) is 0.899. The summed E-state index contributed by atoms with van der Waals surface area (Å²) in [5.41, 5.74) is 1.89. The largest absolute Gasteiger partial charge is 0.497 e. The smallest absolute Gasteiger partial charge is 0.119 e. The Morgan fingerprint density at radius 2 is 2.16 bits per heavy atom. The molecular formula is C15H20N2O2. The molecule has 1 heterocycles. The Morgan fingerprint density at radius 3 is 2.79 bits per heavy atom. The number of hydrogen-bond acceptors (Lipinski definition) is 3. The van der Waals surface area contributed by atoms with Crippen molar-refractivity contribution in [3.63, 3.8) is 0 Å². The Morgan fingerprint density at radius 1 is 1.37 bits per heavy atom. The molecule has 4 heteroatoms. The summed E-state index contributed by atoms with van der Waals surface area (Å²) in [5.74, 6) is 0.808. The van der Waals surface area contributed by atoms with E-state index in [2.05, 4.69) is 18.9 Å². The van der Waals surface area contributed by atoms with E-state index in [9.17, 15) is 5.11 Å². The topological polar surface area (TPSA) is 47.3 Å². The molecule has 0 radical (unpaired) electrons. The maximum atomic E-state index is 10.2. The highest BCUT2D eigenvalue weighted by Crippen LogP contribution is 2.21. The first-order valence-corrected chi connectivity index (χ1v) is 6.45. The molecule has 4 nitrogen and oxygen atoms in total. The molecule has 0 fully saturated rings. The summed E-state index contributed by atoms with van der Waals surface area (Å²) in [6.07, 6.45) is 3.64. The van der Waals surface area contributed by atoms with Gasteiger partial charge in [0.2, 0.25) is 0 Å². The SMILES string of the molecule is COc1cccc(CC(O)c2cnn(C(C)C)c2)c1. The number of aliphatic hydroxyl groups excluding tert-OH is 1. The second-order valence-electron chi connectivity index (χ2n) is 4.92. The third-order valence-electron chi connectivity index (χ3n) is 3.10. The first kappa shape index (κ1) is 13.6. The Hall–Kier alpha value is -1.81. The Bertz CT molecular complexity index is 534. The van der Waals surface area contributed by atoms with Gasteiger partial charge < -0.3 is 9.84 Å². The van der Waals surface area contributed by atoms with E-state index in [1.807, 2.05) is 35.1 Å². The predicted octanol–water partition coefficient (Wildman–Crippen LogP) is 2.75. The normalized spacial score (nSPS) is 12.7. The molecular weight excluding hydrogens is 240 g/mol. The van der Waals surface area contributed by atoms with E-state index in [1.54, 1.807) is 13.3 Å². The summed E-state index contributed by atoms with van der Waals surface area (Å²) in [6.45, 7) is 4.12. The minimum absolute atomic E-state index is 0.303.